The van der Waals surface area contributed by atoms with Crippen LogP contribution < -0.4 is 10.1 Å². The monoisotopic (exact) mass is 440 g/mol. The smallest absolute Gasteiger partial charge is 0.253 e. The highest BCUT2D eigenvalue weighted by Crippen LogP contribution is 2.25. The standard InChI is InChI=1S/C19H21ClN2O4S2/c1-26-15-4-2-3-14(11-15)13-21-19(23)17-12-16(5-6-18(17)20)28(24,25)22-7-9-27-10-8-22/h2-6,11-12H,7-10,13H2,1H3,(H,21,23). The molecule has 0 saturated carbocycles. The molecule has 1 aliphatic rings. The highest BCUT2D eigenvalue weighted by atomic mass is 35.5. The number of hydrogen-bond acceptors (Lipinski definition) is 5. The number of halogens is 1. The number of carbonyl (C=O) groups excluding carboxylic acids is 1. The van der Waals surface area contributed by atoms with E-state index in [2.05, 4.69) is 5.32 Å². The second-order valence-corrected chi connectivity index (χ2v) is 9.76. The quantitative estimate of drug-likeness (QED) is 0.747. The van der Waals surface area contributed by atoms with Crippen LogP contribution in [0.1, 0.15) is 15.9 Å². The molecule has 0 aliphatic carbocycles. The Morgan fingerprint density at radius 2 is 1.96 bits per heavy atom. The van der Waals surface area contributed by atoms with Gasteiger partial charge in [-0.25, -0.2) is 8.42 Å². The summed E-state index contributed by atoms with van der Waals surface area (Å²) in [6.07, 6.45) is 0. The summed E-state index contributed by atoms with van der Waals surface area (Å²) in [5.41, 5.74) is 0.996. The van der Waals surface area contributed by atoms with Gasteiger partial charge in [-0.3, -0.25) is 4.79 Å². The van der Waals surface area contributed by atoms with Crippen molar-refractivity contribution in [1.29, 1.82) is 0 Å². The van der Waals surface area contributed by atoms with Gasteiger partial charge in [-0.05, 0) is 35.9 Å². The van der Waals surface area contributed by atoms with Crippen molar-refractivity contribution in [3.8, 4) is 5.75 Å². The number of amides is 1. The number of thioether (sulfide) groups is 1. The number of hydrogen-bond donors (Lipinski definition) is 1. The summed E-state index contributed by atoms with van der Waals surface area (Å²) < 4.78 is 32.3. The third-order valence-corrected chi connectivity index (χ3v) is 7.54. The molecule has 0 radical (unpaired) electrons. The van der Waals surface area contributed by atoms with E-state index in [1.165, 1.54) is 22.5 Å². The average molecular weight is 441 g/mol. The Kier molecular flexibility index (Phi) is 6.87. The van der Waals surface area contributed by atoms with Crippen LogP contribution in [-0.2, 0) is 16.6 Å². The van der Waals surface area contributed by atoms with Crippen LogP contribution >= 0.6 is 23.4 Å². The Balaban J connectivity index is 1.77. The minimum atomic E-state index is -3.65. The fourth-order valence-corrected chi connectivity index (χ4v) is 5.64. The molecule has 1 saturated heterocycles. The van der Waals surface area contributed by atoms with E-state index in [9.17, 15) is 13.2 Å². The normalized spacial score (nSPS) is 15.2. The van der Waals surface area contributed by atoms with E-state index in [1.807, 2.05) is 24.3 Å². The Morgan fingerprint density at radius 1 is 1.21 bits per heavy atom. The maximum absolute atomic E-state index is 12.9. The second kappa shape index (κ2) is 9.17. The van der Waals surface area contributed by atoms with E-state index < -0.39 is 15.9 Å². The van der Waals surface area contributed by atoms with Gasteiger partial charge in [-0.15, -0.1) is 0 Å². The van der Waals surface area contributed by atoms with Crippen molar-refractivity contribution in [3.05, 3.63) is 58.6 Å². The third-order valence-electron chi connectivity index (χ3n) is 4.38. The Morgan fingerprint density at radius 3 is 2.68 bits per heavy atom. The van der Waals surface area contributed by atoms with Crippen LogP contribution in [0.4, 0.5) is 0 Å². The number of benzene rings is 2. The average Bonchev–Trinajstić information content (AvgIpc) is 2.73. The zero-order valence-corrected chi connectivity index (χ0v) is 17.7. The van der Waals surface area contributed by atoms with Gasteiger partial charge < -0.3 is 10.1 Å². The van der Waals surface area contributed by atoms with Gasteiger partial charge in [0.15, 0.2) is 0 Å². The lowest BCUT2D eigenvalue weighted by Gasteiger charge is -2.25. The lowest BCUT2D eigenvalue weighted by molar-refractivity contribution is 0.0951. The molecule has 0 bridgehead atoms. The lowest BCUT2D eigenvalue weighted by atomic mass is 10.2. The van der Waals surface area contributed by atoms with Gasteiger partial charge in [0.2, 0.25) is 10.0 Å². The van der Waals surface area contributed by atoms with E-state index >= 15 is 0 Å². The maximum atomic E-state index is 12.9. The van der Waals surface area contributed by atoms with Crippen molar-refractivity contribution in [1.82, 2.24) is 9.62 Å². The summed E-state index contributed by atoms with van der Waals surface area (Å²) >= 11 is 7.89. The number of carbonyl (C=O) groups is 1. The van der Waals surface area contributed by atoms with Crippen molar-refractivity contribution in [3.63, 3.8) is 0 Å². The number of nitrogens with one attached hydrogen (secondary N) is 1. The zero-order valence-electron chi connectivity index (χ0n) is 15.4. The first kappa shape index (κ1) is 21.0. The minimum absolute atomic E-state index is 0.0790. The zero-order chi connectivity index (χ0) is 20.1. The summed E-state index contributed by atoms with van der Waals surface area (Å²) in [6.45, 7) is 1.20. The van der Waals surface area contributed by atoms with E-state index in [4.69, 9.17) is 16.3 Å². The largest absolute Gasteiger partial charge is 0.497 e. The number of methoxy groups -OCH3 is 1. The molecule has 1 aliphatic heterocycles. The lowest BCUT2D eigenvalue weighted by Crippen LogP contribution is -2.38. The third kappa shape index (κ3) is 4.81. The maximum Gasteiger partial charge on any atom is 0.253 e. The summed E-state index contributed by atoms with van der Waals surface area (Å²) in [4.78, 5) is 12.7. The van der Waals surface area contributed by atoms with Crippen LogP contribution in [0.25, 0.3) is 0 Å². The first-order chi connectivity index (χ1) is 13.4. The summed E-state index contributed by atoms with van der Waals surface area (Å²) in [7, 11) is -2.07. The van der Waals surface area contributed by atoms with Gasteiger partial charge in [0.1, 0.15) is 5.75 Å². The van der Waals surface area contributed by atoms with Crippen LogP contribution in [0, 0.1) is 0 Å². The predicted molar refractivity (Wildman–Crippen MR) is 112 cm³/mol. The highest BCUT2D eigenvalue weighted by Gasteiger charge is 2.27. The molecular weight excluding hydrogens is 420 g/mol. The van der Waals surface area contributed by atoms with Gasteiger partial charge in [0, 0.05) is 31.1 Å². The fourth-order valence-electron chi connectivity index (χ4n) is 2.83. The van der Waals surface area contributed by atoms with Crippen LogP contribution in [0.3, 0.4) is 0 Å². The number of sulfonamides is 1. The fraction of sp³-hybridized carbons (Fsp3) is 0.316. The predicted octanol–water partition coefficient (Wildman–Crippen LogP) is 3.02. The molecule has 1 N–H and O–H groups in total. The van der Waals surface area contributed by atoms with Crippen LogP contribution in [0.2, 0.25) is 5.02 Å². The molecule has 1 heterocycles. The molecule has 28 heavy (non-hydrogen) atoms. The molecule has 1 amide bonds. The van der Waals surface area contributed by atoms with Gasteiger partial charge in [-0.1, -0.05) is 23.7 Å². The number of rotatable bonds is 6. The summed E-state index contributed by atoms with van der Waals surface area (Å²) in [5.74, 6) is 1.79. The van der Waals surface area contributed by atoms with Crippen molar-refractivity contribution >= 4 is 39.3 Å². The van der Waals surface area contributed by atoms with E-state index in [0.717, 1.165) is 17.1 Å². The van der Waals surface area contributed by atoms with Crippen molar-refractivity contribution in [2.24, 2.45) is 0 Å². The van der Waals surface area contributed by atoms with Crippen LogP contribution in [0.5, 0.6) is 5.75 Å². The Hall–Kier alpha value is -1.74. The molecule has 1 fully saturated rings. The molecule has 0 atom stereocenters. The molecule has 2 aromatic rings. The molecule has 6 nitrogen and oxygen atoms in total. The van der Waals surface area contributed by atoms with E-state index in [1.54, 1.807) is 18.9 Å². The van der Waals surface area contributed by atoms with Crippen molar-refractivity contribution < 1.29 is 17.9 Å². The molecule has 0 aromatic heterocycles. The van der Waals surface area contributed by atoms with Crippen LogP contribution in [-0.4, -0.2) is 50.3 Å². The van der Waals surface area contributed by atoms with Crippen LogP contribution in [0.15, 0.2) is 47.4 Å². The molecular formula is C19H21ClN2O4S2. The molecule has 0 spiro atoms. The number of ether oxygens (including phenoxy) is 1. The van der Waals surface area contributed by atoms with Gasteiger partial charge >= 0.3 is 0 Å². The van der Waals surface area contributed by atoms with E-state index in [0.29, 0.717) is 18.8 Å². The molecule has 0 unspecified atom stereocenters. The summed E-state index contributed by atoms with van der Waals surface area (Å²) in [5, 5.41) is 2.98. The van der Waals surface area contributed by atoms with Gasteiger partial charge in [0.05, 0.1) is 22.6 Å². The van der Waals surface area contributed by atoms with Gasteiger partial charge in [0.25, 0.3) is 5.91 Å². The number of nitrogens with zero attached hydrogens (tertiary/aromatic N) is 1. The van der Waals surface area contributed by atoms with Crippen molar-refractivity contribution in [2.75, 3.05) is 31.7 Å². The highest BCUT2D eigenvalue weighted by molar-refractivity contribution is 7.99. The summed E-state index contributed by atoms with van der Waals surface area (Å²) in [6, 6.07) is 11.6. The minimum Gasteiger partial charge on any atom is -0.497 e. The molecule has 9 heteroatoms. The molecule has 3 rings (SSSR count). The first-order valence-corrected chi connectivity index (χ1v) is 11.7. The van der Waals surface area contributed by atoms with Gasteiger partial charge in [-0.2, -0.15) is 16.1 Å². The van der Waals surface area contributed by atoms with E-state index in [-0.39, 0.29) is 22.0 Å². The van der Waals surface area contributed by atoms with Crippen molar-refractivity contribution in [2.45, 2.75) is 11.4 Å². The molecule has 150 valence electrons. The second-order valence-electron chi connectivity index (χ2n) is 6.19. The SMILES string of the molecule is COc1cccc(CNC(=O)c2cc(S(=O)(=O)N3CCSCC3)ccc2Cl)c1. The Labute approximate surface area is 174 Å². The molecule has 2 aromatic carbocycles. The topological polar surface area (TPSA) is 75.7 Å². The Bertz CT molecular complexity index is 960. The first-order valence-electron chi connectivity index (χ1n) is 8.70.